The number of hydrogen-bond acceptors (Lipinski definition) is 6. The Morgan fingerprint density at radius 2 is 2.20 bits per heavy atom. The topological polar surface area (TPSA) is 95.9 Å². The predicted molar refractivity (Wildman–Crippen MR) is 75.2 cm³/mol. The Balaban J connectivity index is 1.89. The van der Waals surface area contributed by atoms with Crippen molar-refractivity contribution >= 4 is 34.7 Å². The Labute approximate surface area is 121 Å². The number of hydrogen-bond donors (Lipinski definition) is 1. The third-order valence-electron chi connectivity index (χ3n) is 2.79. The zero-order valence-electron chi connectivity index (χ0n) is 11.2. The maximum atomic E-state index is 10.6. The standard InChI is InChI=1S/C12H16ClN5O2/c1-8(19)20-6-4-2-3-5-18-7-15-9-10(13)16-12(14)17-11(9)18/h7H,2-6H2,1H3,(H2,14,16,17). The smallest absolute Gasteiger partial charge is 0.302 e. The highest BCUT2D eigenvalue weighted by molar-refractivity contribution is 6.33. The summed E-state index contributed by atoms with van der Waals surface area (Å²) < 4.78 is 6.76. The van der Waals surface area contributed by atoms with Crippen molar-refractivity contribution in [1.29, 1.82) is 0 Å². The van der Waals surface area contributed by atoms with E-state index in [-0.39, 0.29) is 17.1 Å². The number of nitrogen functional groups attached to an aromatic ring is 1. The highest BCUT2D eigenvalue weighted by atomic mass is 35.5. The quantitative estimate of drug-likeness (QED) is 0.496. The van der Waals surface area contributed by atoms with Gasteiger partial charge in [0.2, 0.25) is 5.95 Å². The lowest BCUT2D eigenvalue weighted by atomic mass is 10.2. The molecule has 2 aromatic heterocycles. The van der Waals surface area contributed by atoms with E-state index in [1.165, 1.54) is 6.92 Å². The van der Waals surface area contributed by atoms with Crippen LogP contribution >= 0.6 is 11.6 Å². The molecule has 0 saturated carbocycles. The number of nitrogens with zero attached hydrogens (tertiary/aromatic N) is 4. The maximum Gasteiger partial charge on any atom is 0.302 e. The van der Waals surface area contributed by atoms with Crippen molar-refractivity contribution in [3.63, 3.8) is 0 Å². The van der Waals surface area contributed by atoms with Gasteiger partial charge in [-0.15, -0.1) is 0 Å². The fraction of sp³-hybridized carbons (Fsp3) is 0.500. The van der Waals surface area contributed by atoms with Crippen molar-refractivity contribution in [2.24, 2.45) is 0 Å². The maximum absolute atomic E-state index is 10.6. The van der Waals surface area contributed by atoms with Crippen LogP contribution in [0.25, 0.3) is 11.2 Å². The number of carbonyl (C=O) groups excluding carboxylic acids is 1. The van der Waals surface area contributed by atoms with Gasteiger partial charge in [-0.05, 0) is 19.3 Å². The first-order chi connectivity index (χ1) is 9.58. The first-order valence-corrected chi connectivity index (χ1v) is 6.73. The van der Waals surface area contributed by atoms with Crippen LogP contribution in [0.3, 0.4) is 0 Å². The molecule has 7 nitrogen and oxygen atoms in total. The molecule has 2 N–H and O–H groups in total. The van der Waals surface area contributed by atoms with Crippen LogP contribution in [0.4, 0.5) is 5.95 Å². The lowest BCUT2D eigenvalue weighted by molar-refractivity contribution is -0.141. The van der Waals surface area contributed by atoms with Gasteiger partial charge in [-0.3, -0.25) is 4.79 Å². The zero-order chi connectivity index (χ0) is 14.5. The number of ether oxygens (including phenoxy) is 1. The van der Waals surface area contributed by atoms with Crippen LogP contribution in [-0.4, -0.2) is 32.1 Å². The highest BCUT2D eigenvalue weighted by Crippen LogP contribution is 2.19. The molecule has 0 aliphatic rings. The number of aromatic nitrogens is 4. The highest BCUT2D eigenvalue weighted by Gasteiger charge is 2.10. The van der Waals surface area contributed by atoms with Gasteiger partial charge < -0.3 is 15.0 Å². The molecule has 0 spiro atoms. The lowest BCUT2D eigenvalue weighted by Crippen LogP contribution is -2.03. The van der Waals surface area contributed by atoms with Crippen molar-refractivity contribution in [2.75, 3.05) is 12.3 Å². The molecule has 0 aromatic carbocycles. The number of nitrogens with two attached hydrogens (primary N) is 1. The molecule has 0 atom stereocenters. The summed E-state index contributed by atoms with van der Waals surface area (Å²) >= 11 is 5.95. The molecule has 20 heavy (non-hydrogen) atoms. The third kappa shape index (κ3) is 3.57. The van der Waals surface area contributed by atoms with Crippen LogP contribution in [0, 0.1) is 0 Å². The van der Waals surface area contributed by atoms with Gasteiger partial charge >= 0.3 is 5.97 Å². The van der Waals surface area contributed by atoms with E-state index in [0.717, 1.165) is 25.8 Å². The van der Waals surface area contributed by atoms with E-state index in [4.69, 9.17) is 22.1 Å². The Morgan fingerprint density at radius 3 is 2.95 bits per heavy atom. The fourth-order valence-corrected chi connectivity index (χ4v) is 2.09. The monoisotopic (exact) mass is 297 g/mol. The molecule has 2 rings (SSSR count). The van der Waals surface area contributed by atoms with Gasteiger partial charge in [0.25, 0.3) is 0 Å². The van der Waals surface area contributed by atoms with Gasteiger partial charge in [-0.1, -0.05) is 11.6 Å². The van der Waals surface area contributed by atoms with Crippen molar-refractivity contribution in [3.8, 4) is 0 Å². The fourth-order valence-electron chi connectivity index (χ4n) is 1.87. The van der Waals surface area contributed by atoms with Gasteiger partial charge in [0, 0.05) is 13.5 Å². The van der Waals surface area contributed by atoms with E-state index in [9.17, 15) is 4.79 Å². The summed E-state index contributed by atoms with van der Waals surface area (Å²) in [5.74, 6) is -0.105. The normalized spacial score (nSPS) is 10.9. The number of rotatable bonds is 6. The van der Waals surface area contributed by atoms with E-state index < -0.39 is 0 Å². The molecule has 108 valence electrons. The summed E-state index contributed by atoms with van der Waals surface area (Å²) in [6.45, 7) is 2.62. The minimum absolute atomic E-state index is 0.138. The Kier molecular flexibility index (Phi) is 4.73. The minimum atomic E-state index is -0.243. The number of halogens is 1. The van der Waals surface area contributed by atoms with E-state index in [1.54, 1.807) is 6.33 Å². The van der Waals surface area contributed by atoms with Crippen molar-refractivity contribution in [1.82, 2.24) is 19.5 Å². The molecular weight excluding hydrogens is 282 g/mol. The van der Waals surface area contributed by atoms with Crippen LogP contribution in [-0.2, 0) is 16.1 Å². The summed E-state index contributed by atoms with van der Waals surface area (Å²) in [5, 5.41) is 0.265. The summed E-state index contributed by atoms with van der Waals surface area (Å²) in [5.41, 5.74) is 6.78. The van der Waals surface area contributed by atoms with Crippen LogP contribution in [0.5, 0.6) is 0 Å². The van der Waals surface area contributed by atoms with Gasteiger partial charge in [-0.2, -0.15) is 9.97 Å². The van der Waals surface area contributed by atoms with E-state index in [0.29, 0.717) is 17.8 Å². The van der Waals surface area contributed by atoms with Crippen LogP contribution < -0.4 is 5.73 Å². The van der Waals surface area contributed by atoms with Crippen LogP contribution in [0.2, 0.25) is 5.15 Å². The minimum Gasteiger partial charge on any atom is -0.466 e. The Morgan fingerprint density at radius 1 is 1.40 bits per heavy atom. The summed E-state index contributed by atoms with van der Waals surface area (Å²) in [7, 11) is 0. The molecule has 2 aromatic rings. The molecule has 0 unspecified atom stereocenters. The van der Waals surface area contributed by atoms with Crippen molar-refractivity contribution in [3.05, 3.63) is 11.5 Å². The number of fused-ring (bicyclic) bond motifs is 1. The van der Waals surface area contributed by atoms with Gasteiger partial charge in [0.05, 0.1) is 12.9 Å². The molecule has 0 amide bonds. The van der Waals surface area contributed by atoms with Gasteiger partial charge in [0.1, 0.15) is 5.52 Å². The van der Waals surface area contributed by atoms with E-state index in [2.05, 4.69) is 15.0 Å². The molecule has 2 heterocycles. The molecule has 0 aliphatic carbocycles. The van der Waals surface area contributed by atoms with Gasteiger partial charge in [-0.25, -0.2) is 4.98 Å². The summed E-state index contributed by atoms with van der Waals surface area (Å²) in [4.78, 5) is 22.8. The second-order valence-corrected chi connectivity index (χ2v) is 4.74. The average Bonchev–Trinajstić information content (AvgIpc) is 2.76. The summed E-state index contributed by atoms with van der Waals surface area (Å²) in [6.07, 6.45) is 4.39. The van der Waals surface area contributed by atoms with Crippen molar-refractivity contribution in [2.45, 2.75) is 32.7 Å². The Hall–Kier alpha value is -1.89. The Bertz CT molecular complexity index is 613. The number of esters is 1. The number of carbonyl (C=O) groups is 1. The molecule has 0 aliphatic heterocycles. The first-order valence-electron chi connectivity index (χ1n) is 6.35. The van der Waals surface area contributed by atoms with Crippen LogP contribution in [0.15, 0.2) is 6.33 Å². The summed E-state index contributed by atoms with van der Waals surface area (Å²) in [6, 6.07) is 0. The van der Waals surface area contributed by atoms with Gasteiger partial charge in [0.15, 0.2) is 10.8 Å². The number of imidazole rings is 1. The largest absolute Gasteiger partial charge is 0.466 e. The molecule has 8 heteroatoms. The molecular formula is C12H16ClN5O2. The lowest BCUT2D eigenvalue weighted by Gasteiger charge is -2.04. The third-order valence-corrected chi connectivity index (χ3v) is 3.05. The average molecular weight is 298 g/mol. The van der Waals surface area contributed by atoms with Crippen molar-refractivity contribution < 1.29 is 9.53 Å². The van der Waals surface area contributed by atoms with E-state index in [1.807, 2.05) is 4.57 Å². The van der Waals surface area contributed by atoms with Crippen LogP contribution in [0.1, 0.15) is 26.2 Å². The molecule has 0 fully saturated rings. The molecule has 0 bridgehead atoms. The number of anilines is 1. The zero-order valence-corrected chi connectivity index (χ0v) is 11.9. The first kappa shape index (κ1) is 14.5. The SMILES string of the molecule is CC(=O)OCCCCCn1cnc2c(Cl)nc(N)nc21. The second-order valence-electron chi connectivity index (χ2n) is 4.38. The second kappa shape index (κ2) is 6.51. The number of aryl methyl sites for hydroxylation is 1. The predicted octanol–water partition coefficient (Wildman–Crippen LogP) is 1.80. The molecule has 0 saturated heterocycles. The number of unbranched alkanes of at least 4 members (excludes halogenated alkanes) is 2. The molecule has 0 radical (unpaired) electrons. The van der Waals surface area contributed by atoms with E-state index >= 15 is 0 Å².